The topological polar surface area (TPSA) is 49.4 Å². The van der Waals surface area contributed by atoms with Crippen molar-refractivity contribution in [3.8, 4) is 0 Å². The Labute approximate surface area is 169 Å². The van der Waals surface area contributed by atoms with Crippen LogP contribution in [0.4, 0.5) is 5.69 Å². The van der Waals surface area contributed by atoms with E-state index in [0.29, 0.717) is 11.3 Å². The first-order valence-electron chi connectivity index (χ1n) is 8.97. The van der Waals surface area contributed by atoms with Crippen molar-refractivity contribution in [1.82, 2.24) is 4.90 Å². The lowest BCUT2D eigenvalue weighted by Gasteiger charge is -2.23. The number of thiocarbonyl (C=S) groups is 1. The first-order valence-corrected chi connectivity index (χ1v) is 10.3. The molecule has 0 radical (unpaired) electrons. The average molecular weight is 399 g/mol. The van der Waals surface area contributed by atoms with Crippen LogP contribution in [-0.2, 0) is 4.79 Å². The van der Waals surface area contributed by atoms with Gasteiger partial charge in [-0.15, -0.1) is 0 Å². The Balaban J connectivity index is 1.79. The molecule has 1 aliphatic rings. The van der Waals surface area contributed by atoms with Gasteiger partial charge in [-0.2, -0.15) is 0 Å². The van der Waals surface area contributed by atoms with Gasteiger partial charge in [0, 0.05) is 24.3 Å². The molecule has 1 atom stereocenters. The standard InChI is InChI=1S/C21H22N2O2S2/c1-15(24)17-10-7-11-18(14-17)22-20(25)19(16-8-3-2-4-9-16)27-21(26)23-12-5-6-13-23/h2-4,7-11,14,19H,5-6,12-13H2,1H3,(H,22,25)/t19-/m0/s1. The fraction of sp³-hybridized carbons (Fsp3) is 0.286. The Bertz CT molecular complexity index is 833. The number of Topliss-reactive ketones (excluding diaryl/α,β-unsaturated/α-hetero) is 1. The zero-order valence-corrected chi connectivity index (χ0v) is 16.8. The summed E-state index contributed by atoms with van der Waals surface area (Å²) in [5.41, 5.74) is 2.09. The monoisotopic (exact) mass is 398 g/mol. The maximum absolute atomic E-state index is 13.0. The lowest BCUT2D eigenvalue weighted by molar-refractivity contribution is -0.115. The molecular weight excluding hydrogens is 376 g/mol. The van der Waals surface area contributed by atoms with E-state index in [1.807, 2.05) is 30.3 Å². The van der Waals surface area contributed by atoms with Crippen LogP contribution < -0.4 is 5.32 Å². The summed E-state index contributed by atoms with van der Waals surface area (Å²) in [6, 6.07) is 16.7. The normalized spacial score (nSPS) is 14.6. The van der Waals surface area contributed by atoms with E-state index in [1.54, 1.807) is 24.3 Å². The van der Waals surface area contributed by atoms with Crippen LogP contribution in [0.5, 0.6) is 0 Å². The van der Waals surface area contributed by atoms with E-state index >= 15 is 0 Å². The highest BCUT2D eigenvalue weighted by atomic mass is 32.2. The maximum Gasteiger partial charge on any atom is 0.242 e. The molecule has 0 spiro atoms. The zero-order chi connectivity index (χ0) is 19.2. The second-order valence-electron chi connectivity index (χ2n) is 6.49. The Kier molecular flexibility index (Phi) is 6.63. The number of thioether (sulfide) groups is 1. The Morgan fingerprint density at radius 2 is 1.78 bits per heavy atom. The smallest absolute Gasteiger partial charge is 0.242 e. The lowest BCUT2D eigenvalue weighted by atomic mass is 10.1. The third-order valence-electron chi connectivity index (χ3n) is 4.46. The first kappa shape index (κ1) is 19.6. The molecule has 3 rings (SSSR count). The van der Waals surface area contributed by atoms with Gasteiger partial charge < -0.3 is 10.2 Å². The Hall–Kier alpha value is -2.18. The van der Waals surface area contributed by atoms with Crippen LogP contribution in [0, 0.1) is 0 Å². The Morgan fingerprint density at radius 3 is 2.44 bits per heavy atom. The minimum atomic E-state index is -0.444. The zero-order valence-electron chi connectivity index (χ0n) is 15.2. The van der Waals surface area contributed by atoms with Gasteiger partial charge in [0.2, 0.25) is 5.91 Å². The number of nitrogens with zero attached hydrogens (tertiary/aromatic N) is 1. The summed E-state index contributed by atoms with van der Waals surface area (Å²) in [5.74, 6) is -0.177. The van der Waals surface area contributed by atoms with Crippen molar-refractivity contribution in [3.63, 3.8) is 0 Å². The van der Waals surface area contributed by atoms with Gasteiger partial charge >= 0.3 is 0 Å². The molecule has 2 aromatic carbocycles. The van der Waals surface area contributed by atoms with Gasteiger partial charge in [-0.25, -0.2) is 0 Å². The van der Waals surface area contributed by atoms with Crippen molar-refractivity contribution < 1.29 is 9.59 Å². The summed E-state index contributed by atoms with van der Waals surface area (Å²) >= 11 is 7.00. The highest BCUT2D eigenvalue weighted by Crippen LogP contribution is 2.33. The highest BCUT2D eigenvalue weighted by molar-refractivity contribution is 8.23. The van der Waals surface area contributed by atoms with Crippen molar-refractivity contribution in [1.29, 1.82) is 0 Å². The van der Waals surface area contributed by atoms with E-state index in [2.05, 4.69) is 10.2 Å². The molecule has 0 aromatic heterocycles. The summed E-state index contributed by atoms with van der Waals surface area (Å²) in [6.45, 7) is 3.42. The van der Waals surface area contributed by atoms with Gasteiger partial charge in [-0.05, 0) is 37.5 Å². The fourth-order valence-electron chi connectivity index (χ4n) is 3.00. The van der Waals surface area contributed by atoms with Crippen LogP contribution in [0.3, 0.4) is 0 Å². The average Bonchev–Trinajstić information content (AvgIpc) is 3.21. The second kappa shape index (κ2) is 9.15. The van der Waals surface area contributed by atoms with Crippen LogP contribution in [0.2, 0.25) is 0 Å². The molecule has 0 aliphatic carbocycles. The third kappa shape index (κ3) is 5.17. The molecule has 1 amide bonds. The van der Waals surface area contributed by atoms with Gasteiger partial charge in [0.1, 0.15) is 9.57 Å². The van der Waals surface area contributed by atoms with E-state index < -0.39 is 5.25 Å². The van der Waals surface area contributed by atoms with Crippen molar-refractivity contribution in [2.45, 2.75) is 25.0 Å². The molecule has 0 bridgehead atoms. The molecule has 2 aromatic rings. The summed E-state index contributed by atoms with van der Waals surface area (Å²) < 4.78 is 0.758. The lowest BCUT2D eigenvalue weighted by Crippen LogP contribution is -2.27. The number of nitrogens with one attached hydrogen (secondary N) is 1. The number of rotatable bonds is 5. The molecule has 1 fully saturated rings. The Morgan fingerprint density at radius 1 is 1.07 bits per heavy atom. The van der Waals surface area contributed by atoms with Crippen LogP contribution in [0.15, 0.2) is 54.6 Å². The largest absolute Gasteiger partial charge is 0.357 e. The molecule has 1 saturated heterocycles. The number of ketones is 1. The molecule has 27 heavy (non-hydrogen) atoms. The minimum absolute atomic E-state index is 0.0321. The maximum atomic E-state index is 13.0. The number of hydrogen-bond acceptors (Lipinski definition) is 4. The minimum Gasteiger partial charge on any atom is -0.357 e. The van der Waals surface area contributed by atoms with E-state index in [1.165, 1.54) is 18.7 Å². The second-order valence-corrected chi connectivity index (χ2v) is 8.23. The predicted octanol–water partition coefficient (Wildman–Crippen LogP) is 4.68. The van der Waals surface area contributed by atoms with Crippen LogP contribution in [-0.4, -0.2) is 34.0 Å². The van der Waals surface area contributed by atoms with E-state index in [0.717, 1.165) is 35.8 Å². The van der Waals surface area contributed by atoms with Gasteiger partial charge in [-0.3, -0.25) is 9.59 Å². The van der Waals surface area contributed by atoms with Gasteiger partial charge in [0.15, 0.2) is 5.78 Å². The molecule has 1 N–H and O–H groups in total. The summed E-state index contributed by atoms with van der Waals surface area (Å²) in [7, 11) is 0. The van der Waals surface area contributed by atoms with Crippen molar-refractivity contribution in [2.75, 3.05) is 18.4 Å². The van der Waals surface area contributed by atoms with Gasteiger partial charge in [0.25, 0.3) is 0 Å². The van der Waals surface area contributed by atoms with E-state index in [9.17, 15) is 9.59 Å². The number of anilines is 1. The van der Waals surface area contributed by atoms with Gasteiger partial charge in [-0.1, -0.05) is 66.4 Å². The van der Waals surface area contributed by atoms with Crippen molar-refractivity contribution in [3.05, 3.63) is 65.7 Å². The van der Waals surface area contributed by atoms with E-state index in [4.69, 9.17) is 12.2 Å². The summed E-state index contributed by atoms with van der Waals surface area (Å²) in [4.78, 5) is 26.8. The number of carbonyl (C=O) groups excluding carboxylic acids is 2. The molecule has 0 unspecified atom stereocenters. The molecular formula is C21H22N2O2S2. The number of amides is 1. The summed E-state index contributed by atoms with van der Waals surface area (Å²) in [6.07, 6.45) is 2.28. The van der Waals surface area contributed by atoms with E-state index in [-0.39, 0.29) is 11.7 Å². The highest BCUT2D eigenvalue weighted by Gasteiger charge is 2.26. The first-order chi connectivity index (χ1) is 13.0. The van der Waals surface area contributed by atoms with Gasteiger partial charge in [0.05, 0.1) is 0 Å². The SMILES string of the molecule is CC(=O)c1cccc(NC(=O)[C@@H](SC(=S)N2CCCC2)c2ccccc2)c1. The number of hydrogen-bond donors (Lipinski definition) is 1. The molecule has 6 heteroatoms. The number of carbonyl (C=O) groups is 2. The van der Waals surface area contributed by atoms with Crippen LogP contribution in [0.1, 0.15) is 40.9 Å². The molecule has 140 valence electrons. The summed E-state index contributed by atoms with van der Waals surface area (Å²) in [5, 5.41) is 2.50. The quantitative estimate of drug-likeness (QED) is 0.585. The van der Waals surface area contributed by atoms with Crippen LogP contribution in [0.25, 0.3) is 0 Å². The molecule has 1 heterocycles. The van der Waals surface area contributed by atoms with Crippen LogP contribution >= 0.6 is 24.0 Å². The third-order valence-corrected chi connectivity index (χ3v) is 6.19. The molecule has 4 nitrogen and oxygen atoms in total. The predicted molar refractivity (Wildman–Crippen MR) is 115 cm³/mol. The fourth-order valence-corrected chi connectivity index (χ4v) is 4.46. The van der Waals surface area contributed by atoms with Crippen molar-refractivity contribution in [2.24, 2.45) is 0 Å². The molecule has 0 saturated carbocycles. The number of likely N-dealkylation sites (tertiary alicyclic amines) is 1. The van der Waals surface area contributed by atoms with Crippen molar-refractivity contribution >= 4 is 45.7 Å². The molecule has 1 aliphatic heterocycles. The number of benzene rings is 2.